The number of nitrogen functional groups attached to an aromatic ring is 2. The number of carbonyl (C=O) groups excluding carboxylic acids is 1. The zero-order valence-corrected chi connectivity index (χ0v) is 17.4. The van der Waals surface area contributed by atoms with Crippen molar-refractivity contribution in [3.05, 3.63) is 77.8 Å². The molecule has 0 saturated carbocycles. The lowest BCUT2D eigenvalue weighted by Gasteiger charge is -2.11. The topological polar surface area (TPSA) is 130 Å². The van der Waals surface area contributed by atoms with E-state index in [1.165, 1.54) is 31.5 Å². The van der Waals surface area contributed by atoms with Crippen LogP contribution in [-0.2, 0) is 6.42 Å². The first-order valence-corrected chi connectivity index (χ1v) is 9.73. The van der Waals surface area contributed by atoms with Crippen LogP contribution in [-0.4, -0.2) is 32.8 Å². The maximum absolute atomic E-state index is 14.2. The summed E-state index contributed by atoms with van der Waals surface area (Å²) in [6.07, 6.45) is 2.91. The zero-order valence-electron chi connectivity index (χ0n) is 17.4. The lowest BCUT2D eigenvalue weighted by molar-refractivity contribution is 0.0989. The van der Waals surface area contributed by atoms with Gasteiger partial charge in [0.2, 0.25) is 0 Å². The Morgan fingerprint density at radius 2 is 1.76 bits per heavy atom. The predicted octanol–water partition coefficient (Wildman–Crippen LogP) is 3.48. The van der Waals surface area contributed by atoms with E-state index in [4.69, 9.17) is 16.2 Å². The molecule has 0 aliphatic heterocycles. The van der Waals surface area contributed by atoms with Crippen LogP contribution >= 0.6 is 0 Å². The summed E-state index contributed by atoms with van der Waals surface area (Å²) in [4.78, 5) is 29.6. The van der Waals surface area contributed by atoms with Crippen LogP contribution in [0.4, 0.5) is 20.3 Å². The highest BCUT2D eigenvalue weighted by Gasteiger charge is 2.20. The van der Waals surface area contributed by atoms with Crippen molar-refractivity contribution in [2.24, 2.45) is 0 Å². The van der Waals surface area contributed by atoms with Gasteiger partial charge in [-0.1, -0.05) is 6.07 Å². The number of nitrogens with two attached hydrogens (primary N) is 2. The molecule has 0 aliphatic rings. The molecule has 0 amide bonds. The van der Waals surface area contributed by atoms with E-state index in [0.717, 1.165) is 12.1 Å². The molecular weight excluding hydrogens is 430 g/mol. The number of nitrogens with zero attached hydrogens (tertiary/aromatic N) is 4. The van der Waals surface area contributed by atoms with Crippen molar-refractivity contribution >= 4 is 17.3 Å². The van der Waals surface area contributed by atoms with Gasteiger partial charge in [-0.15, -0.1) is 0 Å². The number of halogens is 2. The van der Waals surface area contributed by atoms with Gasteiger partial charge in [-0.25, -0.2) is 13.8 Å². The molecule has 0 atom stereocenters. The summed E-state index contributed by atoms with van der Waals surface area (Å²) >= 11 is 0. The second-order valence-electron chi connectivity index (χ2n) is 7.03. The molecule has 3 aromatic heterocycles. The van der Waals surface area contributed by atoms with Gasteiger partial charge in [0.15, 0.2) is 5.78 Å². The minimum Gasteiger partial charge on any atom is -0.467 e. The minimum atomic E-state index is -0.796. The molecule has 166 valence electrons. The Hall–Kier alpha value is -4.47. The fourth-order valence-corrected chi connectivity index (χ4v) is 3.32. The molecule has 4 aromatic rings. The summed E-state index contributed by atoms with van der Waals surface area (Å²) in [5.74, 6) is -1.86. The molecule has 3 heterocycles. The predicted molar refractivity (Wildman–Crippen MR) is 118 cm³/mol. The fourth-order valence-electron chi connectivity index (χ4n) is 3.32. The number of benzene rings is 1. The zero-order chi connectivity index (χ0) is 23.5. The van der Waals surface area contributed by atoms with Gasteiger partial charge in [-0.2, -0.15) is 9.97 Å². The monoisotopic (exact) mass is 448 g/mol. The van der Waals surface area contributed by atoms with Gasteiger partial charge < -0.3 is 16.2 Å². The number of methoxy groups -OCH3 is 1. The van der Waals surface area contributed by atoms with Crippen molar-refractivity contribution in [3.8, 4) is 28.5 Å². The molecule has 8 nitrogen and oxygen atoms in total. The van der Waals surface area contributed by atoms with E-state index < -0.39 is 17.4 Å². The molecule has 0 spiro atoms. The molecule has 4 N–H and O–H groups in total. The quantitative estimate of drug-likeness (QED) is 0.429. The Balaban J connectivity index is 1.72. The summed E-state index contributed by atoms with van der Waals surface area (Å²) in [7, 11) is 1.41. The number of Topliss-reactive ketones (excluding diaryl/α,β-unsaturated/α-hetero) is 1. The van der Waals surface area contributed by atoms with Gasteiger partial charge in [-0.05, 0) is 35.9 Å². The van der Waals surface area contributed by atoms with Gasteiger partial charge in [0.1, 0.15) is 23.1 Å². The summed E-state index contributed by atoms with van der Waals surface area (Å²) in [5, 5.41) is 0. The molecule has 33 heavy (non-hydrogen) atoms. The Bertz CT molecular complexity index is 1340. The molecule has 0 radical (unpaired) electrons. The normalized spacial score (nSPS) is 10.8. The SMILES string of the molecule is COc1nc(N)cc(-c2ccncc2CC(=O)c2nc(-c3c(F)cccc3F)ccc2N)n1. The lowest BCUT2D eigenvalue weighted by atomic mass is 9.99. The van der Waals surface area contributed by atoms with E-state index in [1.807, 2.05) is 0 Å². The number of rotatable bonds is 6. The third-order valence-corrected chi connectivity index (χ3v) is 4.85. The van der Waals surface area contributed by atoms with E-state index >= 15 is 0 Å². The van der Waals surface area contributed by atoms with Crippen LogP contribution in [0.1, 0.15) is 16.1 Å². The highest BCUT2D eigenvalue weighted by Crippen LogP contribution is 2.28. The Morgan fingerprint density at radius 3 is 2.48 bits per heavy atom. The van der Waals surface area contributed by atoms with Crippen molar-refractivity contribution in [2.45, 2.75) is 6.42 Å². The van der Waals surface area contributed by atoms with Crippen LogP contribution < -0.4 is 16.2 Å². The maximum Gasteiger partial charge on any atom is 0.318 e. The van der Waals surface area contributed by atoms with Crippen LogP contribution in [0.15, 0.2) is 54.9 Å². The first-order valence-electron chi connectivity index (χ1n) is 9.73. The Labute approximate surface area is 187 Å². The van der Waals surface area contributed by atoms with Crippen LogP contribution in [0, 0.1) is 11.6 Å². The third-order valence-electron chi connectivity index (χ3n) is 4.85. The van der Waals surface area contributed by atoms with E-state index in [-0.39, 0.29) is 40.9 Å². The summed E-state index contributed by atoms with van der Waals surface area (Å²) in [5.41, 5.74) is 12.9. The minimum absolute atomic E-state index is 0.0390. The number of hydrogen-bond donors (Lipinski definition) is 2. The standard InChI is InChI=1S/C23H18F2N6O2/c1-33-23-30-18(10-20(27)31-23)13-7-8-28-11-12(13)9-19(32)22-16(26)5-6-17(29-22)21-14(24)3-2-4-15(21)25/h2-8,10-11H,9,26H2,1H3,(H2,27,30,31). The van der Waals surface area contributed by atoms with Gasteiger partial charge in [-0.3, -0.25) is 9.78 Å². The molecule has 0 unspecified atom stereocenters. The number of hydrogen-bond acceptors (Lipinski definition) is 8. The molecule has 10 heteroatoms. The number of carbonyl (C=O) groups is 1. The Morgan fingerprint density at radius 1 is 1.00 bits per heavy atom. The fraction of sp³-hybridized carbons (Fsp3) is 0.0870. The van der Waals surface area contributed by atoms with Gasteiger partial charge in [0.05, 0.1) is 29.7 Å². The first-order chi connectivity index (χ1) is 15.9. The molecule has 4 rings (SSSR count). The van der Waals surface area contributed by atoms with Crippen molar-refractivity contribution < 1.29 is 18.3 Å². The van der Waals surface area contributed by atoms with Crippen molar-refractivity contribution in [1.82, 2.24) is 19.9 Å². The van der Waals surface area contributed by atoms with Crippen LogP contribution in [0.25, 0.3) is 22.5 Å². The molecule has 0 saturated heterocycles. The van der Waals surface area contributed by atoms with Crippen LogP contribution in [0.2, 0.25) is 0 Å². The van der Waals surface area contributed by atoms with Gasteiger partial charge in [0, 0.05) is 30.4 Å². The van der Waals surface area contributed by atoms with Crippen molar-refractivity contribution in [1.29, 1.82) is 0 Å². The third kappa shape index (κ3) is 4.45. The lowest BCUT2D eigenvalue weighted by Crippen LogP contribution is -2.12. The van der Waals surface area contributed by atoms with E-state index in [9.17, 15) is 13.6 Å². The van der Waals surface area contributed by atoms with Gasteiger partial charge in [0.25, 0.3) is 0 Å². The summed E-state index contributed by atoms with van der Waals surface area (Å²) in [6, 6.07) is 9.51. The van der Waals surface area contributed by atoms with E-state index in [2.05, 4.69) is 19.9 Å². The molecular formula is C23H18F2N6O2. The maximum atomic E-state index is 14.2. The smallest absolute Gasteiger partial charge is 0.318 e. The summed E-state index contributed by atoms with van der Waals surface area (Å²) in [6.45, 7) is 0. The van der Waals surface area contributed by atoms with Crippen LogP contribution in [0.5, 0.6) is 6.01 Å². The highest BCUT2D eigenvalue weighted by atomic mass is 19.1. The second-order valence-corrected chi connectivity index (χ2v) is 7.03. The number of ether oxygens (including phenoxy) is 1. The first kappa shape index (κ1) is 21.8. The van der Waals surface area contributed by atoms with E-state index in [0.29, 0.717) is 16.8 Å². The number of pyridine rings is 2. The molecule has 0 aliphatic carbocycles. The molecule has 0 bridgehead atoms. The molecule has 1 aromatic carbocycles. The number of aromatic nitrogens is 4. The Kier molecular flexibility index (Phi) is 5.90. The van der Waals surface area contributed by atoms with Crippen LogP contribution in [0.3, 0.4) is 0 Å². The summed E-state index contributed by atoms with van der Waals surface area (Å²) < 4.78 is 33.5. The number of anilines is 2. The van der Waals surface area contributed by atoms with Crippen molar-refractivity contribution in [3.63, 3.8) is 0 Å². The largest absolute Gasteiger partial charge is 0.467 e. The average molecular weight is 448 g/mol. The number of ketones is 1. The second kappa shape index (κ2) is 8.95. The van der Waals surface area contributed by atoms with Gasteiger partial charge >= 0.3 is 6.01 Å². The molecule has 0 fully saturated rings. The van der Waals surface area contributed by atoms with Crippen molar-refractivity contribution in [2.75, 3.05) is 18.6 Å². The van der Waals surface area contributed by atoms with E-state index in [1.54, 1.807) is 18.3 Å². The average Bonchev–Trinajstić information content (AvgIpc) is 2.79. The highest BCUT2D eigenvalue weighted by molar-refractivity contribution is 6.01.